The summed E-state index contributed by atoms with van der Waals surface area (Å²) in [7, 11) is 0. The molecule has 3 unspecified atom stereocenters. The van der Waals surface area contributed by atoms with Gasteiger partial charge in [0.1, 0.15) is 0 Å². The number of hydrogen-bond donors (Lipinski definition) is 2. The lowest BCUT2D eigenvalue weighted by Gasteiger charge is -2.40. The van der Waals surface area contributed by atoms with Crippen LogP contribution in [0.2, 0.25) is 0 Å². The standard InChI is InChI=1S/C16H29NO3/c1-5-12(11(2)3)10-14(18)17-16(4)9-7-6-8-13(16)15(19)20/h11-13H,5-10H2,1-4H3,(H,17,18)(H,19,20). The Balaban J connectivity index is 2.68. The third kappa shape index (κ3) is 4.22. The van der Waals surface area contributed by atoms with E-state index in [1.165, 1.54) is 0 Å². The summed E-state index contributed by atoms with van der Waals surface area (Å²) < 4.78 is 0. The number of rotatable bonds is 6. The van der Waals surface area contributed by atoms with Gasteiger partial charge in [-0.2, -0.15) is 0 Å². The first-order valence-corrected chi connectivity index (χ1v) is 7.84. The predicted octanol–water partition coefficient (Wildman–Crippen LogP) is 3.21. The van der Waals surface area contributed by atoms with Crippen LogP contribution >= 0.6 is 0 Å². The first-order valence-electron chi connectivity index (χ1n) is 7.84. The van der Waals surface area contributed by atoms with E-state index in [1.807, 2.05) is 6.92 Å². The van der Waals surface area contributed by atoms with E-state index >= 15 is 0 Å². The van der Waals surface area contributed by atoms with Crippen molar-refractivity contribution in [3.8, 4) is 0 Å². The number of carbonyl (C=O) groups excluding carboxylic acids is 1. The average Bonchev–Trinajstić information content (AvgIpc) is 2.35. The Labute approximate surface area is 122 Å². The summed E-state index contributed by atoms with van der Waals surface area (Å²) in [4.78, 5) is 23.6. The largest absolute Gasteiger partial charge is 0.481 e. The first kappa shape index (κ1) is 17.0. The predicted molar refractivity (Wildman–Crippen MR) is 79.4 cm³/mol. The number of nitrogens with one attached hydrogen (secondary N) is 1. The van der Waals surface area contributed by atoms with Crippen LogP contribution in [0.15, 0.2) is 0 Å². The van der Waals surface area contributed by atoms with Gasteiger partial charge in [0.25, 0.3) is 0 Å². The Morgan fingerprint density at radius 2 is 2.00 bits per heavy atom. The Morgan fingerprint density at radius 3 is 2.50 bits per heavy atom. The molecule has 1 fully saturated rings. The molecule has 0 aromatic rings. The molecule has 0 aliphatic heterocycles. The molecule has 4 nitrogen and oxygen atoms in total. The summed E-state index contributed by atoms with van der Waals surface area (Å²) in [6.45, 7) is 8.24. The van der Waals surface area contributed by atoms with Crippen LogP contribution in [0.5, 0.6) is 0 Å². The van der Waals surface area contributed by atoms with Crippen molar-refractivity contribution in [3.05, 3.63) is 0 Å². The molecule has 116 valence electrons. The van der Waals surface area contributed by atoms with Crippen LogP contribution in [0.3, 0.4) is 0 Å². The van der Waals surface area contributed by atoms with E-state index in [0.717, 1.165) is 25.7 Å². The number of aliphatic carboxylic acids is 1. The monoisotopic (exact) mass is 283 g/mol. The topological polar surface area (TPSA) is 66.4 Å². The van der Waals surface area contributed by atoms with Gasteiger partial charge in [-0.25, -0.2) is 0 Å². The van der Waals surface area contributed by atoms with Gasteiger partial charge < -0.3 is 10.4 Å². The summed E-state index contributed by atoms with van der Waals surface area (Å²) in [6.07, 6.45) is 4.82. The number of carbonyl (C=O) groups is 2. The number of carboxylic acid groups (broad SMARTS) is 1. The normalized spacial score (nSPS) is 28.1. The van der Waals surface area contributed by atoms with Crippen LogP contribution in [0.4, 0.5) is 0 Å². The molecule has 1 rings (SSSR count). The number of carboxylic acids is 1. The van der Waals surface area contributed by atoms with Crippen molar-refractivity contribution < 1.29 is 14.7 Å². The summed E-state index contributed by atoms with van der Waals surface area (Å²) >= 11 is 0. The van der Waals surface area contributed by atoms with E-state index in [0.29, 0.717) is 24.7 Å². The molecule has 1 aliphatic carbocycles. The van der Waals surface area contributed by atoms with Gasteiger partial charge in [-0.3, -0.25) is 9.59 Å². The number of hydrogen-bond acceptors (Lipinski definition) is 2. The first-order chi connectivity index (χ1) is 9.30. The fraction of sp³-hybridized carbons (Fsp3) is 0.875. The summed E-state index contributed by atoms with van der Waals surface area (Å²) in [5.41, 5.74) is -0.587. The maximum Gasteiger partial charge on any atom is 0.308 e. The zero-order chi connectivity index (χ0) is 15.3. The second kappa shape index (κ2) is 7.09. The van der Waals surface area contributed by atoms with Gasteiger partial charge in [0.2, 0.25) is 5.91 Å². The summed E-state index contributed by atoms with van der Waals surface area (Å²) in [5.74, 6) is -0.408. The van der Waals surface area contributed by atoms with Crippen LogP contribution < -0.4 is 5.32 Å². The lowest BCUT2D eigenvalue weighted by atomic mass is 9.73. The third-order valence-corrected chi connectivity index (χ3v) is 4.85. The van der Waals surface area contributed by atoms with Gasteiger partial charge in [0.05, 0.1) is 11.5 Å². The minimum Gasteiger partial charge on any atom is -0.481 e. The minimum atomic E-state index is -0.789. The third-order valence-electron chi connectivity index (χ3n) is 4.85. The highest BCUT2D eigenvalue weighted by Gasteiger charge is 2.42. The van der Waals surface area contributed by atoms with Crippen molar-refractivity contribution in [1.29, 1.82) is 0 Å². The molecule has 0 radical (unpaired) electrons. The van der Waals surface area contributed by atoms with Gasteiger partial charge in [-0.1, -0.05) is 40.0 Å². The maximum atomic E-state index is 12.3. The van der Waals surface area contributed by atoms with Crippen LogP contribution in [-0.2, 0) is 9.59 Å². The number of amides is 1. The fourth-order valence-corrected chi connectivity index (χ4v) is 3.34. The molecular formula is C16H29NO3. The Hall–Kier alpha value is -1.06. The Morgan fingerprint density at radius 1 is 1.35 bits per heavy atom. The molecule has 2 N–H and O–H groups in total. The molecule has 1 saturated carbocycles. The molecule has 20 heavy (non-hydrogen) atoms. The quantitative estimate of drug-likeness (QED) is 0.786. The van der Waals surface area contributed by atoms with Crippen LogP contribution in [0.25, 0.3) is 0 Å². The smallest absolute Gasteiger partial charge is 0.308 e. The minimum absolute atomic E-state index is 0.00111. The molecule has 3 atom stereocenters. The van der Waals surface area contributed by atoms with Crippen LogP contribution in [-0.4, -0.2) is 22.5 Å². The second-order valence-corrected chi connectivity index (χ2v) is 6.72. The Kier molecular flexibility index (Phi) is 6.03. The summed E-state index contributed by atoms with van der Waals surface area (Å²) in [5, 5.41) is 12.4. The van der Waals surface area contributed by atoms with Crippen LogP contribution in [0, 0.1) is 17.8 Å². The molecule has 0 saturated heterocycles. The highest BCUT2D eigenvalue weighted by Crippen LogP contribution is 2.34. The molecule has 0 bridgehead atoms. The van der Waals surface area contributed by atoms with Crippen molar-refractivity contribution >= 4 is 11.9 Å². The Bertz CT molecular complexity index is 354. The lowest BCUT2D eigenvalue weighted by Crippen LogP contribution is -2.55. The van der Waals surface area contributed by atoms with E-state index in [9.17, 15) is 14.7 Å². The van der Waals surface area contributed by atoms with Crippen molar-refractivity contribution in [2.45, 2.75) is 71.8 Å². The van der Waals surface area contributed by atoms with Gasteiger partial charge >= 0.3 is 5.97 Å². The van der Waals surface area contributed by atoms with Crippen molar-refractivity contribution in [2.24, 2.45) is 17.8 Å². The van der Waals surface area contributed by atoms with Gasteiger partial charge in [0.15, 0.2) is 0 Å². The second-order valence-electron chi connectivity index (χ2n) is 6.72. The SMILES string of the molecule is CCC(CC(=O)NC1(C)CCCCC1C(=O)O)C(C)C. The van der Waals surface area contributed by atoms with Crippen molar-refractivity contribution in [3.63, 3.8) is 0 Å². The zero-order valence-corrected chi connectivity index (χ0v) is 13.2. The van der Waals surface area contributed by atoms with Crippen molar-refractivity contribution in [2.75, 3.05) is 0 Å². The lowest BCUT2D eigenvalue weighted by molar-refractivity contribution is -0.146. The molecule has 4 heteroatoms. The zero-order valence-electron chi connectivity index (χ0n) is 13.2. The molecule has 0 aromatic heterocycles. The molecule has 1 amide bonds. The van der Waals surface area contributed by atoms with Gasteiger partial charge in [-0.15, -0.1) is 0 Å². The van der Waals surface area contributed by atoms with Gasteiger partial charge in [-0.05, 0) is 31.6 Å². The maximum absolute atomic E-state index is 12.3. The molecular weight excluding hydrogens is 254 g/mol. The van der Waals surface area contributed by atoms with Crippen LogP contribution in [0.1, 0.15) is 66.2 Å². The van der Waals surface area contributed by atoms with E-state index < -0.39 is 17.4 Å². The molecule has 1 aliphatic rings. The average molecular weight is 283 g/mol. The van der Waals surface area contributed by atoms with Gasteiger partial charge in [0, 0.05) is 6.42 Å². The highest BCUT2D eigenvalue weighted by atomic mass is 16.4. The summed E-state index contributed by atoms with van der Waals surface area (Å²) in [6, 6.07) is 0. The van der Waals surface area contributed by atoms with E-state index in [4.69, 9.17) is 0 Å². The van der Waals surface area contributed by atoms with E-state index in [1.54, 1.807) is 0 Å². The van der Waals surface area contributed by atoms with E-state index in [2.05, 4.69) is 26.1 Å². The molecule has 0 spiro atoms. The van der Waals surface area contributed by atoms with Crippen molar-refractivity contribution in [1.82, 2.24) is 5.32 Å². The molecule has 0 heterocycles. The van der Waals surface area contributed by atoms with E-state index in [-0.39, 0.29) is 5.91 Å². The molecule has 0 aromatic carbocycles. The fourth-order valence-electron chi connectivity index (χ4n) is 3.34. The highest BCUT2D eigenvalue weighted by molar-refractivity contribution is 5.79.